The van der Waals surface area contributed by atoms with Gasteiger partial charge in [0.05, 0.1) is 0 Å². The summed E-state index contributed by atoms with van der Waals surface area (Å²) >= 11 is 1.92. The maximum atomic E-state index is 2.46. The summed E-state index contributed by atoms with van der Waals surface area (Å²) in [5.74, 6) is 0. The molecular formula is C59H40S. The fourth-order valence-electron chi connectivity index (χ4n) is 9.88. The average Bonchev–Trinajstić information content (AvgIpc) is 3.83. The van der Waals surface area contributed by atoms with Crippen molar-refractivity contribution in [2.24, 2.45) is 0 Å². The predicted octanol–water partition coefficient (Wildman–Crippen LogP) is 17.3. The molecule has 0 radical (unpaired) electrons. The van der Waals surface area contributed by atoms with Crippen LogP contribution in [0.25, 0.3) is 120 Å². The Morgan fingerprint density at radius 1 is 0.283 bits per heavy atom. The first kappa shape index (κ1) is 34.9. The SMILES string of the molecule is Cc1ccc(-c2ccc3sc4c(-c5ccc6c7c(cccc57)-c5c-6c(-c6ccc(C)cc6)c6ccccc6c5-c5ccccc5)cc(-c5ccc(C)cc5)cc4c3c2)cc1. The molecule has 0 unspecified atom stereocenters. The summed E-state index contributed by atoms with van der Waals surface area (Å²) in [5.41, 5.74) is 21.7. The van der Waals surface area contributed by atoms with E-state index < -0.39 is 0 Å². The molecule has 0 fully saturated rings. The second-order valence-corrected chi connectivity index (χ2v) is 17.7. The van der Waals surface area contributed by atoms with E-state index in [2.05, 4.69) is 209 Å². The zero-order valence-corrected chi connectivity index (χ0v) is 34.6. The van der Waals surface area contributed by atoms with Gasteiger partial charge in [0.1, 0.15) is 0 Å². The molecular weight excluding hydrogens is 741 g/mol. The third-order valence-electron chi connectivity index (χ3n) is 12.8. The van der Waals surface area contributed by atoms with Crippen molar-refractivity contribution in [1.29, 1.82) is 0 Å². The first-order valence-corrected chi connectivity index (χ1v) is 21.7. The molecule has 11 aromatic rings. The lowest BCUT2D eigenvalue weighted by Gasteiger charge is -2.20. The van der Waals surface area contributed by atoms with Gasteiger partial charge >= 0.3 is 0 Å². The Hall–Kier alpha value is -7.06. The Bertz CT molecular complexity index is 3510. The highest BCUT2D eigenvalue weighted by Crippen LogP contribution is 2.59. The molecule has 1 aliphatic carbocycles. The van der Waals surface area contributed by atoms with Gasteiger partial charge in [0.2, 0.25) is 0 Å². The Morgan fingerprint density at radius 2 is 0.783 bits per heavy atom. The Kier molecular flexibility index (Phi) is 7.86. The van der Waals surface area contributed by atoms with Crippen LogP contribution < -0.4 is 0 Å². The van der Waals surface area contributed by atoms with Crippen LogP contribution in [-0.4, -0.2) is 0 Å². The first-order valence-electron chi connectivity index (χ1n) is 20.9. The monoisotopic (exact) mass is 780 g/mol. The Labute approximate surface area is 354 Å². The molecule has 0 bridgehead atoms. The minimum Gasteiger partial charge on any atom is -0.135 e. The topological polar surface area (TPSA) is 0 Å². The van der Waals surface area contributed by atoms with Gasteiger partial charge in [-0.2, -0.15) is 0 Å². The van der Waals surface area contributed by atoms with E-state index in [0.29, 0.717) is 0 Å². The molecule has 0 spiro atoms. The van der Waals surface area contributed by atoms with E-state index in [0.717, 1.165) is 0 Å². The summed E-state index contributed by atoms with van der Waals surface area (Å²) in [4.78, 5) is 0. The van der Waals surface area contributed by atoms with Crippen LogP contribution in [0.15, 0.2) is 188 Å². The molecule has 1 aromatic heterocycles. The lowest BCUT2D eigenvalue weighted by atomic mass is 9.82. The molecule has 1 heterocycles. The van der Waals surface area contributed by atoms with E-state index in [1.165, 1.54) is 136 Å². The number of aryl methyl sites for hydroxylation is 3. The van der Waals surface area contributed by atoms with Crippen molar-refractivity contribution in [2.75, 3.05) is 0 Å². The third-order valence-corrected chi connectivity index (χ3v) is 14.0. The highest BCUT2D eigenvalue weighted by molar-refractivity contribution is 7.26. The molecule has 1 aliphatic rings. The maximum Gasteiger partial charge on any atom is 0.0434 e. The van der Waals surface area contributed by atoms with Crippen LogP contribution in [0.4, 0.5) is 0 Å². The third kappa shape index (κ3) is 5.36. The van der Waals surface area contributed by atoms with Gasteiger partial charge in [-0.25, -0.2) is 0 Å². The lowest BCUT2D eigenvalue weighted by molar-refractivity contribution is 1.47. The van der Waals surface area contributed by atoms with Crippen LogP contribution in [0, 0.1) is 20.8 Å². The standard InChI is InChI=1S/C59H40S/c1-35-16-22-38(23-17-35)42-28-31-53-50(32-42)52-34-43(39-24-18-36(2)19-25-39)33-51(59(52)60-53)44-29-30-49-56-45(44)14-9-15-48(56)57-54(40-10-5-4-6-11-40)46-12-7-8-13-47(46)55(58(49)57)41-26-20-37(3)21-27-41/h4-34H,1-3H3. The highest BCUT2D eigenvalue weighted by atomic mass is 32.1. The molecule has 0 saturated heterocycles. The summed E-state index contributed by atoms with van der Waals surface area (Å²) in [6.07, 6.45) is 0. The molecule has 10 aromatic carbocycles. The number of benzene rings is 10. The van der Waals surface area contributed by atoms with Crippen LogP contribution in [0.3, 0.4) is 0 Å². The number of hydrogen-bond acceptors (Lipinski definition) is 1. The van der Waals surface area contributed by atoms with Crippen molar-refractivity contribution in [3.8, 4) is 77.9 Å². The van der Waals surface area contributed by atoms with Crippen molar-refractivity contribution in [3.05, 3.63) is 205 Å². The largest absolute Gasteiger partial charge is 0.135 e. The molecule has 282 valence electrons. The van der Waals surface area contributed by atoms with Gasteiger partial charge in [-0.15, -0.1) is 11.3 Å². The molecule has 0 aliphatic heterocycles. The molecule has 12 rings (SSSR count). The summed E-state index contributed by atoms with van der Waals surface area (Å²) in [6, 6.07) is 70.9. The van der Waals surface area contributed by atoms with Gasteiger partial charge in [-0.3, -0.25) is 0 Å². The molecule has 0 nitrogen and oxygen atoms in total. The summed E-state index contributed by atoms with van der Waals surface area (Å²) < 4.78 is 2.64. The van der Waals surface area contributed by atoms with Crippen LogP contribution >= 0.6 is 11.3 Å². The van der Waals surface area contributed by atoms with Crippen LogP contribution in [-0.2, 0) is 0 Å². The lowest BCUT2D eigenvalue weighted by Crippen LogP contribution is -1.93. The summed E-state index contributed by atoms with van der Waals surface area (Å²) in [6.45, 7) is 6.49. The van der Waals surface area contributed by atoms with Crippen LogP contribution in [0.1, 0.15) is 16.7 Å². The molecule has 0 saturated carbocycles. The van der Waals surface area contributed by atoms with Crippen molar-refractivity contribution < 1.29 is 0 Å². The summed E-state index contributed by atoms with van der Waals surface area (Å²) in [5, 5.41) is 7.81. The maximum absolute atomic E-state index is 2.46. The van der Waals surface area contributed by atoms with Gasteiger partial charge in [0, 0.05) is 25.7 Å². The van der Waals surface area contributed by atoms with E-state index >= 15 is 0 Å². The fraction of sp³-hybridized carbons (Fsp3) is 0.0508. The first-order chi connectivity index (χ1) is 29.5. The van der Waals surface area contributed by atoms with E-state index in [9.17, 15) is 0 Å². The second kappa shape index (κ2) is 13.5. The van der Waals surface area contributed by atoms with Crippen LogP contribution in [0.5, 0.6) is 0 Å². The predicted molar refractivity (Wildman–Crippen MR) is 260 cm³/mol. The minimum atomic E-state index is 1.23. The van der Waals surface area contributed by atoms with Crippen molar-refractivity contribution in [2.45, 2.75) is 20.8 Å². The highest BCUT2D eigenvalue weighted by Gasteiger charge is 2.31. The van der Waals surface area contributed by atoms with Gasteiger partial charge < -0.3 is 0 Å². The number of hydrogen-bond donors (Lipinski definition) is 0. The van der Waals surface area contributed by atoms with E-state index in [1.807, 2.05) is 11.3 Å². The van der Waals surface area contributed by atoms with Crippen LogP contribution in [0.2, 0.25) is 0 Å². The van der Waals surface area contributed by atoms with Crippen molar-refractivity contribution in [3.63, 3.8) is 0 Å². The van der Waals surface area contributed by atoms with E-state index in [1.54, 1.807) is 0 Å². The van der Waals surface area contributed by atoms with Gasteiger partial charge in [-0.1, -0.05) is 180 Å². The normalized spacial score (nSPS) is 11.9. The molecule has 0 amide bonds. The average molecular weight is 781 g/mol. The van der Waals surface area contributed by atoms with E-state index in [-0.39, 0.29) is 0 Å². The van der Waals surface area contributed by atoms with Gasteiger partial charge in [0.15, 0.2) is 0 Å². The van der Waals surface area contributed by atoms with Gasteiger partial charge in [-0.05, 0) is 139 Å². The summed E-state index contributed by atoms with van der Waals surface area (Å²) in [7, 11) is 0. The zero-order chi connectivity index (χ0) is 40.1. The quantitative estimate of drug-likeness (QED) is 0.163. The smallest absolute Gasteiger partial charge is 0.0434 e. The zero-order valence-electron chi connectivity index (χ0n) is 33.8. The Morgan fingerprint density at radius 3 is 1.43 bits per heavy atom. The molecule has 1 heteroatoms. The number of rotatable bonds is 5. The van der Waals surface area contributed by atoms with Gasteiger partial charge in [0.25, 0.3) is 0 Å². The molecule has 60 heavy (non-hydrogen) atoms. The minimum absolute atomic E-state index is 1.23. The Balaban J connectivity index is 1.17. The number of thiophene rings is 1. The van der Waals surface area contributed by atoms with Crippen molar-refractivity contribution >= 4 is 53.1 Å². The van der Waals surface area contributed by atoms with E-state index in [4.69, 9.17) is 0 Å². The molecule has 0 atom stereocenters. The second-order valence-electron chi connectivity index (χ2n) is 16.6. The van der Waals surface area contributed by atoms with Crippen molar-refractivity contribution in [1.82, 2.24) is 0 Å². The number of fused-ring (bicyclic) bond motifs is 7. The molecule has 0 N–H and O–H groups in total. The fourth-order valence-corrected chi connectivity index (χ4v) is 11.1.